The fourth-order valence-electron chi connectivity index (χ4n) is 10.5. The van der Waals surface area contributed by atoms with Crippen LogP contribution in [0.5, 0.6) is 0 Å². The zero-order valence-electron chi connectivity index (χ0n) is 35.0. The van der Waals surface area contributed by atoms with E-state index in [1.165, 1.54) is 76.1 Å². The molecule has 300 valence electrons. The van der Waals surface area contributed by atoms with Gasteiger partial charge in [-0.15, -0.1) is 0 Å². The number of hydrogen-bond acceptors (Lipinski definition) is 4. The summed E-state index contributed by atoms with van der Waals surface area (Å²) in [5, 5.41) is 7.94. The molecule has 0 atom stereocenters. The van der Waals surface area contributed by atoms with Gasteiger partial charge in [0.15, 0.2) is 19.7 Å². The van der Waals surface area contributed by atoms with Gasteiger partial charge in [-0.25, -0.2) is 4.98 Å². The lowest BCUT2D eigenvalue weighted by Crippen LogP contribution is -2.75. The fourth-order valence-corrected chi connectivity index (χ4v) is 16.1. The first kappa shape index (κ1) is 36.5. The van der Waals surface area contributed by atoms with Crippen molar-refractivity contribution in [1.29, 1.82) is 0 Å². The summed E-state index contributed by atoms with van der Waals surface area (Å²) < 4.78 is 2.40. The predicted molar refractivity (Wildman–Crippen MR) is 266 cm³/mol. The third-order valence-corrected chi connectivity index (χ3v) is 18.3. The molecule has 0 fully saturated rings. The van der Waals surface area contributed by atoms with Crippen LogP contribution in [0.3, 0.4) is 0 Å². The Labute approximate surface area is 372 Å². The number of anilines is 3. The first-order chi connectivity index (χ1) is 31.6. The molecule has 9 aromatic carbocycles. The van der Waals surface area contributed by atoms with Crippen molar-refractivity contribution >= 4 is 67.9 Å². The Morgan fingerprint density at radius 2 is 0.906 bits per heavy atom. The van der Waals surface area contributed by atoms with Crippen LogP contribution in [-0.4, -0.2) is 27.6 Å². The molecule has 2 aliphatic heterocycles. The van der Waals surface area contributed by atoms with E-state index in [9.17, 15) is 0 Å². The quantitative estimate of drug-likeness (QED) is 0.162. The van der Waals surface area contributed by atoms with E-state index in [0.29, 0.717) is 17.6 Å². The van der Waals surface area contributed by atoms with Crippen LogP contribution in [0.15, 0.2) is 218 Å². The number of fused-ring (bicyclic) bond motifs is 12. The van der Waals surface area contributed by atoms with E-state index < -0.39 is 8.07 Å². The average molecular weight is 834 g/mol. The molecular formula is C58H39N5Si. The Balaban J connectivity index is 1.04. The summed E-state index contributed by atoms with van der Waals surface area (Å²) in [4.78, 5) is 17.9. The SMILES string of the molecule is Cc1ccc(-n2c3ccccc3c3cc(-c4ccc5c(c4)[Si]4(c6ccccc6-5)c5ccccc5N(c5nc(-c6ccccc6)nc(-c6ccccc6)n5)c5ccccc54)ccc32)cc1. The molecule has 0 saturated heterocycles. The summed E-state index contributed by atoms with van der Waals surface area (Å²) in [6, 6.07) is 79.4. The minimum atomic E-state index is -2.96. The van der Waals surface area contributed by atoms with Crippen LogP contribution < -0.4 is 25.6 Å². The summed E-state index contributed by atoms with van der Waals surface area (Å²) in [5.41, 5.74) is 13.9. The highest BCUT2D eigenvalue weighted by molar-refractivity contribution is 7.23. The molecule has 11 aromatic rings. The normalized spacial score (nSPS) is 13.2. The highest BCUT2D eigenvalue weighted by Crippen LogP contribution is 2.42. The molecular weight excluding hydrogens is 795 g/mol. The predicted octanol–water partition coefficient (Wildman–Crippen LogP) is 11.4. The van der Waals surface area contributed by atoms with Crippen molar-refractivity contribution in [2.45, 2.75) is 6.92 Å². The lowest BCUT2D eigenvalue weighted by atomic mass is 9.99. The van der Waals surface area contributed by atoms with Crippen LogP contribution in [-0.2, 0) is 0 Å². The molecule has 64 heavy (non-hydrogen) atoms. The lowest BCUT2D eigenvalue weighted by molar-refractivity contribution is 1.02. The number of aryl methyl sites for hydroxylation is 1. The zero-order valence-corrected chi connectivity index (χ0v) is 36.0. The molecule has 6 heteroatoms. The van der Waals surface area contributed by atoms with Gasteiger partial charge in [0.2, 0.25) is 5.95 Å². The maximum absolute atomic E-state index is 5.30. The van der Waals surface area contributed by atoms with Crippen molar-refractivity contribution in [3.8, 4) is 50.7 Å². The molecule has 2 aliphatic rings. The third-order valence-electron chi connectivity index (χ3n) is 13.3. The number of para-hydroxylation sites is 3. The zero-order chi connectivity index (χ0) is 42.4. The topological polar surface area (TPSA) is 46.8 Å². The Bertz CT molecular complexity index is 3530. The van der Waals surface area contributed by atoms with Gasteiger partial charge in [0, 0.05) is 39.0 Å². The second-order valence-corrected chi connectivity index (χ2v) is 20.5. The van der Waals surface area contributed by atoms with Gasteiger partial charge < -0.3 is 4.57 Å². The first-order valence-electron chi connectivity index (χ1n) is 21.9. The van der Waals surface area contributed by atoms with Crippen LogP contribution in [0.1, 0.15) is 5.56 Å². The number of aromatic nitrogens is 4. The van der Waals surface area contributed by atoms with Gasteiger partial charge in [0.1, 0.15) is 0 Å². The minimum absolute atomic E-state index is 0.592. The van der Waals surface area contributed by atoms with Gasteiger partial charge in [-0.05, 0) is 92.4 Å². The van der Waals surface area contributed by atoms with E-state index in [-0.39, 0.29) is 0 Å². The molecule has 2 aromatic heterocycles. The average Bonchev–Trinajstić information content (AvgIpc) is 3.85. The van der Waals surface area contributed by atoms with Crippen molar-refractivity contribution in [1.82, 2.24) is 19.5 Å². The molecule has 0 N–H and O–H groups in total. The maximum Gasteiger partial charge on any atom is 0.238 e. The molecule has 0 radical (unpaired) electrons. The second-order valence-electron chi connectivity index (χ2n) is 16.9. The van der Waals surface area contributed by atoms with Crippen LogP contribution in [0, 0.1) is 6.92 Å². The Kier molecular flexibility index (Phi) is 8.07. The van der Waals surface area contributed by atoms with Crippen LogP contribution in [0.2, 0.25) is 0 Å². The van der Waals surface area contributed by atoms with E-state index >= 15 is 0 Å². The molecule has 0 amide bonds. The van der Waals surface area contributed by atoms with Crippen LogP contribution in [0.25, 0.3) is 72.5 Å². The molecule has 0 aliphatic carbocycles. The van der Waals surface area contributed by atoms with Crippen molar-refractivity contribution in [2.24, 2.45) is 0 Å². The minimum Gasteiger partial charge on any atom is -0.309 e. The summed E-state index contributed by atoms with van der Waals surface area (Å²) in [5.74, 6) is 1.86. The van der Waals surface area contributed by atoms with E-state index in [2.05, 4.69) is 198 Å². The molecule has 5 nitrogen and oxygen atoms in total. The third kappa shape index (κ3) is 5.33. The summed E-state index contributed by atoms with van der Waals surface area (Å²) >= 11 is 0. The summed E-state index contributed by atoms with van der Waals surface area (Å²) in [6.45, 7) is 2.14. The molecule has 4 heterocycles. The summed E-state index contributed by atoms with van der Waals surface area (Å²) in [6.07, 6.45) is 0. The van der Waals surface area contributed by atoms with Crippen molar-refractivity contribution < 1.29 is 0 Å². The van der Waals surface area contributed by atoms with E-state index in [1.807, 2.05) is 36.4 Å². The number of benzene rings is 9. The van der Waals surface area contributed by atoms with E-state index in [4.69, 9.17) is 15.0 Å². The molecule has 0 bridgehead atoms. The molecule has 0 saturated carbocycles. The maximum atomic E-state index is 5.30. The van der Waals surface area contributed by atoms with Gasteiger partial charge in [-0.2, -0.15) is 9.97 Å². The van der Waals surface area contributed by atoms with Gasteiger partial charge in [-0.1, -0.05) is 181 Å². The molecule has 1 spiro atoms. The fraction of sp³-hybridized carbons (Fsp3) is 0.0172. The van der Waals surface area contributed by atoms with Gasteiger partial charge in [0.05, 0.1) is 11.0 Å². The van der Waals surface area contributed by atoms with Crippen molar-refractivity contribution in [2.75, 3.05) is 4.90 Å². The second kappa shape index (κ2) is 14.2. The Morgan fingerprint density at radius 1 is 0.375 bits per heavy atom. The monoisotopic (exact) mass is 833 g/mol. The van der Waals surface area contributed by atoms with Gasteiger partial charge >= 0.3 is 0 Å². The van der Waals surface area contributed by atoms with E-state index in [1.54, 1.807) is 0 Å². The first-order valence-corrected chi connectivity index (χ1v) is 23.9. The van der Waals surface area contributed by atoms with Crippen molar-refractivity contribution in [3.63, 3.8) is 0 Å². The standard InChI is InChI=1S/C58H39N5Si/c1-38-28-32-43(33-29-38)62-48-22-10-8-20-44(48)47-36-41(31-35-49(47)62)42-30-34-46-45-21-9-13-25-52(45)64(55(46)37-42)53-26-14-11-23-50(53)63(51-24-12-15-27-54(51)64)58-60-56(39-16-4-2-5-17-39)59-57(61-58)40-18-6-3-7-19-40/h2-37H,1H3. The van der Waals surface area contributed by atoms with Gasteiger partial charge in [-0.3, -0.25) is 4.90 Å². The highest BCUT2D eigenvalue weighted by atomic mass is 28.3. The molecule has 0 unspecified atom stereocenters. The van der Waals surface area contributed by atoms with Crippen LogP contribution in [0.4, 0.5) is 17.3 Å². The molecule has 13 rings (SSSR count). The number of hydrogen-bond donors (Lipinski definition) is 0. The summed E-state index contributed by atoms with van der Waals surface area (Å²) in [7, 11) is -2.96. The highest BCUT2D eigenvalue weighted by Gasteiger charge is 2.54. The number of nitrogens with zero attached hydrogens (tertiary/aromatic N) is 5. The largest absolute Gasteiger partial charge is 0.309 e. The van der Waals surface area contributed by atoms with Gasteiger partial charge in [0.25, 0.3) is 0 Å². The Morgan fingerprint density at radius 3 is 1.59 bits per heavy atom. The number of rotatable bonds is 5. The smallest absolute Gasteiger partial charge is 0.238 e. The Hall–Kier alpha value is -8.19. The lowest BCUT2D eigenvalue weighted by Gasteiger charge is -2.42. The van der Waals surface area contributed by atoms with Crippen molar-refractivity contribution in [3.05, 3.63) is 224 Å². The van der Waals surface area contributed by atoms with E-state index in [0.717, 1.165) is 22.5 Å². The van der Waals surface area contributed by atoms with Crippen LogP contribution >= 0.6 is 0 Å².